The predicted octanol–water partition coefficient (Wildman–Crippen LogP) is 1.94. The van der Waals surface area contributed by atoms with Crippen molar-refractivity contribution in [1.82, 2.24) is 9.78 Å². The maximum Gasteiger partial charge on any atom is 0.0992 e. The smallest absolute Gasteiger partial charge is 0.0992 e. The van der Waals surface area contributed by atoms with Crippen LogP contribution in [0.25, 0.3) is 5.69 Å². The third kappa shape index (κ3) is 1.63. The molecule has 0 unspecified atom stereocenters. The van der Waals surface area contributed by atoms with Crippen LogP contribution in [0.3, 0.4) is 0 Å². The van der Waals surface area contributed by atoms with E-state index in [4.69, 9.17) is 11.0 Å². The summed E-state index contributed by atoms with van der Waals surface area (Å²) in [5, 5.41) is 13.2. The molecule has 0 aliphatic rings. The van der Waals surface area contributed by atoms with E-state index in [0.717, 1.165) is 17.1 Å². The van der Waals surface area contributed by atoms with Crippen LogP contribution in [-0.2, 0) is 0 Å². The monoisotopic (exact) mass is 212 g/mol. The number of nitrogens with two attached hydrogens (primary N) is 1. The Balaban J connectivity index is 2.64. The third-order valence-electron chi connectivity index (χ3n) is 2.40. The molecule has 80 valence electrons. The maximum absolute atomic E-state index is 8.85. The molecule has 2 N–H and O–H groups in total. The van der Waals surface area contributed by atoms with Crippen LogP contribution >= 0.6 is 0 Å². The van der Waals surface area contributed by atoms with Crippen LogP contribution in [0.2, 0.25) is 0 Å². The minimum absolute atomic E-state index is 0.580. The first kappa shape index (κ1) is 10.2. The fourth-order valence-corrected chi connectivity index (χ4v) is 1.67. The van der Waals surface area contributed by atoms with Gasteiger partial charge in [0.05, 0.1) is 28.7 Å². The first-order chi connectivity index (χ1) is 7.61. The minimum atomic E-state index is 0.580. The van der Waals surface area contributed by atoms with Crippen molar-refractivity contribution in [1.29, 1.82) is 5.26 Å². The van der Waals surface area contributed by atoms with Crippen molar-refractivity contribution in [3.8, 4) is 11.8 Å². The van der Waals surface area contributed by atoms with Gasteiger partial charge in [0.1, 0.15) is 0 Å². The summed E-state index contributed by atoms with van der Waals surface area (Å²) in [6.07, 6.45) is 0. The van der Waals surface area contributed by atoms with E-state index in [1.807, 2.05) is 19.9 Å². The molecule has 0 bridgehead atoms. The lowest BCUT2D eigenvalue weighted by atomic mass is 10.2. The zero-order valence-electron chi connectivity index (χ0n) is 9.23. The normalized spacial score (nSPS) is 10.1. The first-order valence-corrected chi connectivity index (χ1v) is 4.95. The summed E-state index contributed by atoms with van der Waals surface area (Å²) < 4.78 is 1.76. The van der Waals surface area contributed by atoms with E-state index in [0.29, 0.717) is 11.3 Å². The Morgan fingerprint density at radius 3 is 2.62 bits per heavy atom. The number of nitriles is 1. The van der Waals surface area contributed by atoms with Gasteiger partial charge in [-0.2, -0.15) is 10.4 Å². The average molecular weight is 212 g/mol. The molecule has 0 aliphatic heterocycles. The van der Waals surface area contributed by atoms with Gasteiger partial charge in [-0.25, -0.2) is 4.68 Å². The van der Waals surface area contributed by atoms with E-state index in [9.17, 15) is 0 Å². The van der Waals surface area contributed by atoms with E-state index in [1.165, 1.54) is 0 Å². The lowest BCUT2D eigenvalue weighted by Crippen LogP contribution is -2.03. The van der Waals surface area contributed by atoms with E-state index in [2.05, 4.69) is 11.2 Å². The zero-order chi connectivity index (χ0) is 11.7. The zero-order valence-corrected chi connectivity index (χ0v) is 9.23. The van der Waals surface area contributed by atoms with Crippen LogP contribution in [0.1, 0.15) is 17.0 Å². The Morgan fingerprint density at radius 2 is 2.06 bits per heavy atom. The van der Waals surface area contributed by atoms with Gasteiger partial charge in [0, 0.05) is 5.69 Å². The second kappa shape index (κ2) is 3.70. The van der Waals surface area contributed by atoms with Gasteiger partial charge in [0.25, 0.3) is 0 Å². The fourth-order valence-electron chi connectivity index (χ4n) is 1.67. The van der Waals surface area contributed by atoms with Crippen LogP contribution < -0.4 is 5.73 Å². The quantitative estimate of drug-likeness (QED) is 0.734. The Bertz CT molecular complexity index is 575. The van der Waals surface area contributed by atoms with E-state index < -0.39 is 0 Å². The van der Waals surface area contributed by atoms with Crippen molar-refractivity contribution >= 4 is 5.69 Å². The molecule has 0 saturated carbocycles. The number of nitrogens with zero attached hydrogens (tertiary/aromatic N) is 3. The van der Waals surface area contributed by atoms with Gasteiger partial charge >= 0.3 is 0 Å². The maximum atomic E-state index is 8.85. The molecule has 1 aromatic carbocycles. The largest absolute Gasteiger partial charge is 0.397 e. The SMILES string of the molecule is Cc1cc(C)n(-c2cc(C#N)ccc2N)n1. The topological polar surface area (TPSA) is 67.6 Å². The number of anilines is 1. The van der Waals surface area contributed by atoms with Crippen LogP contribution in [0.5, 0.6) is 0 Å². The second-order valence-corrected chi connectivity index (χ2v) is 3.72. The molecule has 1 aromatic heterocycles. The van der Waals surface area contributed by atoms with Crippen molar-refractivity contribution in [2.75, 3.05) is 5.73 Å². The molecule has 0 radical (unpaired) electrons. The predicted molar refractivity (Wildman–Crippen MR) is 62.2 cm³/mol. The standard InChI is InChI=1S/C12H12N4/c1-8-5-9(2)16(15-8)12-6-10(7-13)3-4-11(12)14/h3-6H,14H2,1-2H3. The highest BCUT2D eigenvalue weighted by Crippen LogP contribution is 2.20. The molecule has 2 aromatic rings. The van der Waals surface area contributed by atoms with Crippen molar-refractivity contribution in [3.63, 3.8) is 0 Å². The van der Waals surface area contributed by atoms with Gasteiger partial charge in [0.2, 0.25) is 0 Å². The molecule has 4 nitrogen and oxygen atoms in total. The lowest BCUT2D eigenvalue weighted by Gasteiger charge is -2.07. The number of rotatable bonds is 1. The number of aromatic nitrogens is 2. The molecule has 0 fully saturated rings. The molecule has 16 heavy (non-hydrogen) atoms. The average Bonchev–Trinajstić information content (AvgIpc) is 2.58. The fraction of sp³-hybridized carbons (Fsp3) is 0.167. The minimum Gasteiger partial charge on any atom is -0.397 e. The first-order valence-electron chi connectivity index (χ1n) is 4.95. The number of aryl methyl sites for hydroxylation is 2. The van der Waals surface area contributed by atoms with Crippen molar-refractivity contribution < 1.29 is 0 Å². The number of nitrogen functional groups attached to an aromatic ring is 1. The Morgan fingerprint density at radius 1 is 1.31 bits per heavy atom. The summed E-state index contributed by atoms with van der Waals surface area (Å²) in [7, 11) is 0. The Kier molecular flexibility index (Phi) is 2.37. The summed E-state index contributed by atoms with van der Waals surface area (Å²) in [5.74, 6) is 0. The highest BCUT2D eigenvalue weighted by atomic mass is 15.3. The van der Waals surface area contributed by atoms with Gasteiger partial charge in [0.15, 0.2) is 0 Å². The van der Waals surface area contributed by atoms with Crippen LogP contribution in [0.15, 0.2) is 24.3 Å². The highest BCUT2D eigenvalue weighted by molar-refractivity contribution is 5.60. The van der Waals surface area contributed by atoms with E-state index >= 15 is 0 Å². The van der Waals surface area contributed by atoms with E-state index in [1.54, 1.807) is 22.9 Å². The van der Waals surface area contributed by atoms with Gasteiger partial charge in [-0.1, -0.05) is 0 Å². The summed E-state index contributed by atoms with van der Waals surface area (Å²) in [4.78, 5) is 0. The lowest BCUT2D eigenvalue weighted by molar-refractivity contribution is 0.835. The molecular weight excluding hydrogens is 200 g/mol. The summed E-state index contributed by atoms with van der Waals surface area (Å²) >= 11 is 0. The highest BCUT2D eigenvalue weighted by Gasteiger charge is 2.07. The molecule has 0 atom stereocenters. The number of benzene rings is 1. The van der Waals surface area contributed by atoms with Gasteiger partial charge in [-0.15, -0.1) is 0 Å². The molecule has 4 heteroatoms. The summed E-state index contributed by atoms with van der Waals surface area (Å²) in [5.41, 5.74) is 9.76. The second-order valence-electron chi connectivity index (χ2n) is 3.72. The number of hydrogen-bond acceptors (Lipinski definition) is 3. The molecule has 2 rings (SSSR count). The van der Waals surface area contributed by atoms with E-state index in [-0.39, 0.29) is 0 Å². The van der Waals surface area contributed by atoms with Crippen LogP contribution in [-0.4, -0.2) is 9.78 Å². The van der Waals surface area contributed by atoms with Crippen LogP contribution in [0, 0.1) is 25.2 Å². The molecule has 0 aliphatic carbocycles. The Labute approximate surface area is 93.9 Å². The summed E-state index contributed by atoms with van der Waals surface area (Å²) in [6, 6.07) is 9.23. The van der Waals surface area contributed by atoms with Crippen molar-refractivity contribution in [2.45, 2.75) is 13.8 Å². The molecule has 1 heterocycles. The molecule has 0 spiro atoms. The number of hydrogen-bond donors (Lipinski definition) is 1. The molecular formula is C12H12N4. The van der Waals surface area contributed by atoms with Crippen LogP contribution in [0.4, 0.5) is 5.69 Å². The summed E-state index contributed by atoms with van der Waals surface area (Å²) in [6.45, 7) is 3.88. The van der Waals surface area contributed by atoms with Crippen molar-refractivity contribution in [3.05, 3.63) is 41.2 Å². The third-order valence-corrected chi connectivity index (χ3v) is 2.40. The molecule has 0 saturated heterocycles. The van der Waals surface area contributed by atoms with Gasteiger partial charge < -0.3 is 5.73 Å². The Hall–Kier alpha value is -2.28. The molecule has 0 amide bonds. The van der Waals surface area contributed by atoms with Gasteiger partial charge in [-0.05, 0) is 38.1 Å². The van der Waals surface area contributed by atoms with Crippen molar-refractivity contribution in [2.24, 2.45) is 0 Å². The van der Waals surface area contributed by atoms with Gasteiger partial charge in [-0.3, -0.25) is 0 Å².